The third kappa shape index (κ3) is 4.82. The van der Waals surface area contributed by atoms with Crippen LogP contribution in [0.3, 0.4) is 0 Å². The maximum absolute atomic E-state index is 13.3. The average molecular weight is 318 g/mol. The van der Waals surface area contributed by atoms with Crippen LogP contribution in [0.2, 0.25) is 0 Å². The van der Waals surface area contributed by atoms with Crippen LogP contribution in [-0.4, -0.2) is 24.8 Å². The fourth-order valence-corrected chi connectivity index (χ4v) is 5.98. The molecule has 0 aromatic rings. The summed E-state index contributed by atoms with van der Waals surface area (Å²) in [6.07, 6.45) is 0. The second-order valence-corrected chi connectivity index (χ2v) is 9.12. The monoisotopic (exact) mass is 317 g/mol. The lowest BCUT2D eigenvalue weighted by molar-refractivity contribution is 0.303. The number of sulfonamides is 1. The van der Waals surface area contributed by atoms with Gasteiger partial charge in [0.15, 0.2) is 0 Å². The van der Waals surface area contributed by atoms with Crippen LogP contribution in [0.1, 0.15) is 69.2 Å². The van der Waals surface area contributed by atoms with Crippen LogP contribution in [-0.2, 0) is 10.0 Å². The van der Waals surface area contributed by atoms with Crippen molar-refractivity contribution in [3.63, 3.8) is 0 Å². The van der Waals surface area contributed by atoms with E-state index in [0.29, 0.717) is 4.91 Å². The van der Waals surface area contributed by atoms with Gasteiger partial charge >= 0.3 is 0 Å². The van der Waals surface area contributed by atoms with Crippen LogP contribution in [0.25, 0.3) is 0 Å². The normalized spacial score (nSPS) is 13.3. The van der Waals surface area contributed by atoms with Crippen LogP contribution < -0.4 is 0 Å². The standard InChI is InChI=1S/C17H35NO2S/c1-11(2)16(12(3)4)17(13(5)6)21(19,20)18(14(7)8)15(9)10/h11-15H,1-10H3. The summed E-state index contributed by atoms with van der Waals surface area (Å²) in [4.78, 5) is 0.620. The molecule has 0 fully saturated rings. The van der Waals surface area contributed by atoms with Gasteiger partial charge < -0.3 is 0 Å². The Kier molecular flexibility index (Phi) is 7.64. The Labute approximate surface area is 132 Å². The average Bonchev–Trinajstić information content (AvgIpc) is 2.21. The zero-order valence-electron chi connectivity index (χ0n) is 15.6. The molecule has 0 aliphatic carbocycles. The van der Waals surface area contributed by atoms with Crippen molar-refractivity contribution in [2.24, 2.45) is 17.8 Å². The Morgan fingerprint density at radius 1 is 0.667 bits per heavy atom. The summed E-state index contributed by atoms with van der Waals surface area (Å²) in [5, 5.41) is 0. The second kappa shape index (κ2) is 7.77. The topological polar surface area (TPSA) is 37.4 Å². The van der Waals surface area contributed by atoms with Gasteiger partial charge in [-0.1, -0.05) is 41.5 Å². The third-order valence-corrected chi connectivity index (χ3v) is 6.29. The first-order valence-corrected chi connectivity index (χ1v) is 9.57. The SMILES string of the molecule is CC(C)C(=C(C(C)C)S(=O)(=O)N(C(C)C)C(C)C)C(C)C. The molecular formula is C17H35NO2S. The number of hydrogen-bond donors (Lipinski definition) is 0. The molecule has 4 heteroatoms. The van der Waals surface area contributed by atoms with Gasteiger partial charge in [0.25, 0.3) is 0 Å². The van der Waals surface area contributed by atoms with Crippen molar-refractivity contribution in [2.75, 3.05) is 0 Å². The lowest BCUT2D eigenvalue weighted by atomic mass is 9.90. The van der Waals surface area contributed by atoms with Gasteiger partial charge in [-0.2, -0.15) is 4.31 Å². The molecule has 21 heavy (non-hydrogen) atoms. The maximum Gasteiger partial charge on any atom is 0.239 e. The molecule has 0 heterocycles. The van der Waals surface area contributed by atoms with Crippen LogP contribution in [0.15, 0.2) is 10.5 Å². The number of rotatable bonds is 7. The molecule has 0 unspecified atom stereocenters. The van der Waals surface area contributed by atoms with Gasteiger partial charge in [-0.25, -0.2) is 8.42 Å². The van der Waals surface area contributed by atoms with Crippen LogP contribution in [0.5, 0.6) is 0 Å². The van der Waals surface area contributed by atoms with Crippen molar-refractivity contribution in [3.8, 4) is 0 Å². The van der Waals surface area contributed by atoms with Crippen molar-refractivity contribution in [1.29, 1.82) is 0 Å². The van der Waals surface area contributed by atoms with Gasteiger partial charge in [0.05, 0.1) is 4.91 Å². The molecule has 3 nitrogen and oxygen atoms in total. The first-order valence-electron chi connectivity index (χ1n) is 8.13. The van der Waals surface area contributed by atoms with Crippen molar-refractivity contribution in [2.45, 2.75) is 81.3 Å². The molecule has 0 aromatic heterocycles. The summed E-state index contributed by atoms with van der Waals surface area (Å²) >= 11 is 0. The molecule has 0 spiro atoms. The predicted octanol–water partition coefficient (Wildman–Crippen LogP) is 4.66. The van der Waals surface area contributed by atoms with E-state index in [2.05, 4.69) is 27.7 Å². The maximum atomic E-state index is 13.3. The molecule has 0 radical (unpaired) electrons. The second-order valence-electron chi connectivity index (χ2n) is 7.31. The van der Waals surface area contributed by atoms with Crippen molar-refractivity contribution >= 4 is 10.0 Å². The molecule has 0 N–H and O–H groups in total. The molecule has 0 aliphatic rings. The molecule has 0 rings (SSSR count). The first-order chi connectivity index (χ1) is 9.35. The molecule has 126 valence electrons. The molecular weight excluding hydrogens is 282 g/mol. The highest BCUT2D eigenvalue weighted by Gasteiger charge is 2.35. The molecule has 0 amide bonds. The Bertz CT molecular complexity index is 439. The van der Waals surface area contributed by atoms with Crippen LogP contribution in [0, 0.1) is 17.8 Å². The highest BCUT2D eigenvalue weighted by molar-refractivity contribution is 7.93. The van der Waals surface area contributed by atoms with E-state index < -0.39 is 10.0 Å². The largest absolute Gasteiger partial charge is 0.239 e. The summed E-state index contributed by atoms with van der Waals surface area (Å²) in [5.74, 6) is 0.464. The van der Waals surface area contributed by atoms with Crippen molar-refractivity contribution in [3.05, 3.63) is 10.5 Å². The Balaban J connectivity index is 6.40. The van der Waals surface area contributed by atoms with Gasteiger partial charge in [-0.05, 0) is 51.0 Å². The van der Waals surface area contributed by atoms with Gasteiger partial charge in [-0.3, -0.25) is 0 Å². The van der Waals surface area contributed by atoms with E-state index in [0.717, 1.165) is 5.57 Å². The van der Waals surface area contributed by atoms with Crippen molar-refractivity contribution < 1.29 is 8.42 Å². The Morgan fingerprint density at radius 2 is 1.00 bits per heavy atom. The minimum absolute atomic E-state index is 0.00481. The first kappa shape index (κ1) is 20.6. The smallest absolute Gasteiger partial charge is 0.207 e. The highest BCUT2D eigenvalue weighted by atomic mass is 32.2. The van der Waals surface area contributed by atoms with Crippen LogP contribution in [0.4, 0.5) is 0 Å². The minimum Gasteiger partial charge on any atom is -0.207 e. The van der Waals surface area contributed by atoms with E-state index in [-0.39, 0.29) is 29.8 Å². The zero-order valence-corrected chi connectivity index (χ0v) is 16.4. The van der Waals surface area contributed by atoms with Gasteiger partial charge in [0.1, 0.15) is 0 Å². The number of allylic oxidation sites excluding steroid dienone is 2. The molecule has 0 aliphatic heterocycles. The van der Waals surface area contributed by atoms with Gasteiger partial charge in [0.2, 0.25) is 10.0 Å². The van der Waals surface area contributed by atoms with E-state index in [1.165, 1.54) is 0 Å². The van der Waals surface area contributed by atoms with Crippen LogP contribution >= 0.6 is 0 Å². The van der Waals surface area contributed by atoms with E-state index in [1.54, 1.807) is 4.31 Å². The molecule has 0 atom stereocenters. The molecule has 0 aromatic carbocycles. The summed E-state index contributed by atoms with van der Waals surface area (Å²) in [6, 6.07) is -0.0753. The third-order valence-electron chi connectivity index (χ3n) is 3.63. The lowest BCUT2D eigenvalue weighted by Gasteiger charge is -2.34. The summed E-state index contributed by atoms with van der Waals surface area (Å²) in [6.45, 7) is 20.1. The number of nitrogens with zero attached hydrogens (tertiary/aromatic N) is 1. The lowest BCUT2D eigenvalue weighted by Crippen LogP contribution is -2.43. The van der Waals surface area contributed by atoms with E-state index >= 15 is 0 Å². The highest BCUT2D eigenvalue weighted by Crippen LogP contribution is 2.34. The van der Waals surface area contributed by atoms with Gasteiger partial charge in [0, 0.05) is 12.1 Å². The molecule has 0 bridgehead atoms. The minimum atomic E-state index is -3.44. The molecule has 0 saturated heterocycles. The summed E-state index contributed by atoms with van der Waals surface area (Å²) in [7, 11) is -3.44. The Hall–Kier alpha value is -0.350. The summed E-state index contributed by atoms with van der Waals surface area (Å²) < 4.78 is 28.2. The summed E-state index contributed by atoms with van der Waals surface area (Å²) in [5.41, 5.74) is 1.07. The molecule has 0 saturated carbocycles. The fraction of sp³-hybridized carbons (Fsp3) is 0.882. The fourth-order valence-electron chi connectivity index (χ4n) is 3.28. The van der Waals surface area contributed by atoms with Gasteiger partial charge in [-0.15, -0.1) is 0 Å². The van der Waals surface area contributed by atoms with Crippen molar-refractivity contribution in [1.82, 2.24) is 4.31 Å². The Morgan fingerprint density at radius 3 is 1.19 bits per heavy atom. The van der Waals surface area contributed by atoms with E-state index in [4.69, 9.17) is 0 Å². The predicted molar refractivity (Wildman–Crippen MR) is 92.6 cm³/mol. The van der Waals surface area contributed by atoms with E-state index in [1.807, 2.05) is 41.5 Å². The van der Waals surface area contributed by atoms with E-state index in [9.17, 15) is 8.42 Å². The quantitative estimate of drug-likeness (QED) is 0.685. The number of hydrogen-bond acceptors (Lipinski definition) is 2. The zero-order chi connectivity index (χ0) is 17.1.